The van der Waals surface area contributed by atoms with Crippen molar-refractivity contribution in [2.45, 2.75) is 6.42 Å². The van der Waals surface area contributed by atoms with E-state index in [4.69, 9.17) is 5.11 Å². The van der Waals surface area contributed by atoms with E-state index in [1.807, 2.05) is 0 Å². The Balaban J connectivity index is 2.57. The molecule has 1 heterocycles. The maximum atomic E-state index is 10.5. The third-order valence-corrected chi connectivity index (χ3v) is 1.06. The van der Waals surface area contributed by atoms with Gasteiger partial charge in [0.05, 0.1) is 12.6 Å². The van der Waals surface area contributed by atoms with Gasteiger partial charge in [0.1, 0.15) is 5.76 Å². The van der Waals surface area contributed by atoms with E-state index in [2.05, 4.69) is 9.68 Å². The second-order valence-corrected chi connectivity index (χ2v) is 1.88. The van der Waals surface area contributed by atoms with E-state index in [1.54, 1.807) is 0 Å². The quantitative estimate of drug-likeness (QED) is 0.615. The Labute approximate surface area is 61.6 Å². The summed E-state index contributed by atoms with van der Waals surface area (Å²) < 4.78 is 4.52. The fraction of sp³-hybridized carbons (Fsp3) is 0.167. The fourth-order valence-corrected chi connectivity index (χ4v) is 0.567. The summed E-state index contributed by atoms with van der Waals surface area (Å²) in [5, 5.41) is 11.5. The molecule has 0 aliphatic rings. The molecule has 0 aromatic carbocycles. The topological polar surface area (TPSA) is 80.4 Å². The summed E-state index contributed by atoms with van der Waals surface area (Å²) in [6.45, 7) is 0. The Morgan fingerprint density at radius 2 is 2.36 bits per heavy atom. The van der Waals surface area contributed by atoms with Gasteiger partial charge >= 0.3 is 5.97 Å². The first kappa shape index (κ1) is 7.46. The number of Topliss-reactive ketones (excluding diaryl/α,β-unsaturated/α-hetero) is 1. The molecule has 5 nitrogen and oxygen atoms in total. The zero-order valence-electron chi connectivity index (χ0n) is 5.48. The van der Waals surface area contributed by atoms with Crippen molar-refractivity contribution in [3.05, 3.63) is 18.0 Å². The lowest BCUT2D eigenvalue weighted by Crippen LogP contribution is -2.14. The summed E-state index contributed by atoms with van der Waals surface area (Å²) in [7, 11) is 0. The van der Waals surface area contributed by atoms with Gasteiger partial charge in [-0.15, -0.1) is 0 Å². The molecule has 0 saturated heterocycles. The fourth-order valence-electron chi connectivity index (χ4n) is 0.567. The van der Waals surface area contributed by atoms with E-state index in [9.17, 15) is 9.59 Å². The summed E-state index contributed by atoms with van der Waals surface area (Å²) in [5.74, 6) is -2.10. The summed E-state index contributed by atoms with van der Waals surface area (Å²) in [4.78, 5) is 20.5. The van der Waals surface area contributed by atoms with Gasteiger partial charge in [0.15, 0.2) is 0 Å². The van der Waals surface area contributed by atoms with Crippen LogP contribution in [0.5, 0.6) is 0 Å². The van der Waals surface area contributed by atoms with Crippen molar-refractivity contribution in [1.82, 2.24) is 5.16 Å². The molecule has 0 aliphatic heterocycles. The molecule has 1 rings (SSSR count). The Morgan fingerprint density at radius 3 is 2.82 bits per heavy atom. The largest absolute Gasteiger partial charge is 0.475 e. The first-order chi connectivity index (χ1) is 5.20. The first-order valence-electron chi connectivity index (χ1n) is 2.86. The van der Waals surface area contributed by atoms with Gasteiger partial charge in [-0.05, 0) is 0 Å². The molecule has 0 amide bonds. The SMILES string of the molecule is O=C(O)C(=O)Cc1ccno1. The molecule has 0 atom stereocenters. The van der Waals surface area contributed by atoms with Gasteiger partial charge in [-0.1, -0.05) is 5.16 Å². The standard InChI is InChI=1S/C6H5NO4/c8-5(6(9)10)3-4-1-2-7-11-4/h1-2H,3H2,(H,9,10). The number of nitrogens with zero attached hydrogens (tertiary/aromatic N) is 1. The second kappa shape index (κ2) is 2.96. The van der Waals surface area contributed by atoms with Crippen LogP contribution in [0.3, 0.4) is 0 Å². The third kappa shape index (κ3) is 1.89. The molecule has 1 N–H and O–H groups in total. The van der Waals surface area contributed by atoms with E-state index >= 15 is 0 Å². The van der Waals surface area contributed by atoms with Gasteiger partial charge in [-0.2, -0.15) is 0 Å². The van der Waals surface area contributed by atoms with Gasteiger partial charge in [0, 0.05) is 6.07 Å². The molecule has 0 bridgehead atoms. The van der Waals surface area contributed by atoms with Crippen LogP contribution in [0.15, 0.2) is 16.8 Å². The lowest BCUT2D eigenvalue weighted by Gasteiger charge is -1.87. The average molecular weight is 155 g/mol. The normalized spacial score (nSPS) is 9.45. The van der Waals surface area contributed by atoms with Gasteiger partial charge in [0.2, 0.25) is 5.78 Å². The molecular weight excluding hydrogens is 150 g/mol. The predicted molar refractivity (Wildman–Crippen MR) is 32.8 cm³/mol. The zero-order chi connectivity index (χ0) is 8.27. The van der Waals surface area contributed by atoms with Crippen LogP contribution in [0.2, 0.25) is 0 Å². The highest BCUT2D eigenvalue weighted by atomic mass is 16.5. The summed E-state index contributed by atoms with van der Waals surface area (Å²) in [5.41, 5.74) is 0. The van der Waals surface area contributed by atoms with Crippen LogP contribution in [0.4, 0.5) is 0 Å². The molecule has 0 aliphatic carbocycles. The van der Waals surface area contributed by atoms with Gasteiger partial charge in [0.25, 0.3) is 0 Å². The van der Waals surface area contributed by atoms with Crippen molar-refractivity contribution in [2.75, 3.05) is 0 Å². The molecule has 0 saturated carbocycles. The van der Waals surface area contributed by atoms with Crippen molar-refractivity contribution in [3.8, 4) is 0 Å². The van der Waals surface area contributed by atoms with Crippen LogP contribution < -0.4 is 0 Å². The number of carbonyl (C=O) groups excluding carboxylic acids is 1. The maximum absolute atomic E-state index is 10.5. The molecule has 0 unspecified atom stereocenters. The number of carbonyl (C=O) groups is 2. The number of ketones is 1. The number of carboxylic acids is 1. The highest BCUT2D eigenvalue weighted by Crippen LogP contribution is 1.97. The van der Waals surface area contributed by atoms with Gasteiger partial charge in [-0.25, -0.2) is 4.79 Å². The van der Waals surface area contributed by atoms with E-state index in [0.29, 0.717) is 0 Å². The van der Waals surface area contributed by atoms with Crippen molar-refractivity contribution < 1.29 is 19.2 Å². The third-order valence-electron chi connectivity index (χ3n) is 1.06. The number of carboxylic acid groups (broad SMARTS) is 1. The zero-order valence-corrected chi connectivity index (χ0v) is 5.48. The molecule has 11 heavy (non-hydrogen) atoms. The second-order valence-electron chi connectivity index (χ2n) is 1.88. The smallest absolute Gasteiger partial charge is 0.372 e. The van der Waals surface area contributed by atoms with Crippen molar-refractivity contribution >= 4 is 11.8 Å². The highest BCUT2D eigenvalue weighted by Gasteiger charge is 2.13. The van der Waals surface area contributed by atoms with Crippen LogP contribution >= 0.6 is 0 Å². The van der Waals surface area contributed by atoms with E-state index in [-0.39, 0.29) is 12.2 Å². The first-order valence-corrected chi connectivity index (χ1v) is 2.86. The lowest BCUT2D eigenvalue weighted by molar-refractivity contribution is -0.148. The number of hydrogen-bond acceptors (Lipinski definition) is 4. The molecular formula is C6H5NO4. The van der Waals surface area contributed by atoms with Crippen molar-refractivity contribution in [1.29, 1.82) is 0 Å². The summed E-state index contributed by atoms with van der Waals surface area (Å²) in [6.07, 6.45) is 1.11. The lowest BCUT2D eigenvalue weighted by atomic mass is 10.2. The summed E-state index contributed by atoms with van der Waals surface area (Å²) >= 11 is 0. The van der Waals surface area contributed by atoms with Crippen LogP contribution in [0, 0.1) is 0 Å². The minimum Gasteiger partial charge on any atom is -0.475 e. The molecule has 0 fully saturated rings. The molecule has 1 aromatic rings. The molecule has 5 heteroatoms. The number of aliphatic carboxylic acids is 1. The number of rotatable bonds is 3. The Kier molecular flexibility index (Phi) is 2.00. The van der Waals surface area contributed by atoms with Crippen LogP contribution in [-0.4, -0.2) is 22.0 Å². The Morgan fingerprint density at radius 1 is 1.64 bits per heavy atom. The molecule has 0 spiro atoms. The Bertz CT molecular complexity index is 264. The van der Waals surface area contributed by atoms with E-state index in [1.165, 1.54) is 12.3 Å². The van der Waals surface area contributed by atoms with Crippen LogP contribution in [-0.2, 0) is 16.0 Å². The molecule has 1 aromatic heterocycles. The minimum absolute atomic E-state index is 0.241. The van der Waals surface area contributed by atoms with Crippen LogP contribution in [0.25, 0.3) is 0 Å². The van der Waals surface area contributed by atoms with E-state index < -0.39 is 11.8 Å². The molecule has 0 radical (unpaired) electrons. The monoisotopic (exact) mass is 155 g/mol. The van der Waals surface area contributed by atoms with Crippen LogP contribution in [0.1, 0.15) is 5.76 Å². The maximum Gasteiger partial charge on any atom is 0.372 e. The minimum atomic E-state index is -1.46. The average Bonchev–Trinajstić information content (AvgIpc) is 2.39. The van der Waals surface area contributed by atoms with Gasteiger partial charge in [-0.3, -0.25) is 4.79 Å². The Hall–Kier alpha value is -1.65. The highest BCUT2D eigenvalue weighted by molar-refractivity contribution is 6.33. The number of aromatic nitrogens is 1. The predicted octanol–water partition coefficient (Wildman–Crippen LogP) is -0.129. The van der Waals surface area contributed by atoms with E-state index in [0.717, 1.165) is 0 Å². The molecule has 58 valence electrons. The van der Waals surface area contributed by atoms with Crippen molar-refractivity contribution in [2.24, 2.45) is 0 Å². The van der Waals surface area contributed by atoms with Gasteiger partial charge < -0.3 is 9.63 Å². The number of hydrogen-bond donors (Lipinski definition) is 1. The van der Waals surface area contributed by atoms with Crippen molar-refractivity contribution in [3.63, 3.8) is 0 Å². The summed E-state index contributed by atoms with van der Waals surface area (Å²) in [6, 6.07) is 1.45.